The Kier molecular flexibility index (Phi) is 6.93. The maximum Gasteiger partial charge on any atom is 0.252 e. The van der Waals surface area contributed by atoms with Gasteiger partial charge >= 0.3 is 0 Å². The Labute approximate surface area is 211 Å². The van der Waals surface area contributed by atoms with Crippen LogP contribution < -0.4 is 20.4 Å². The van der Waals surface area contributed by atoms with Gasteiger partial charge in [-0.1, -0.05) is 12.1 Å². The summed E-state index contributed by atoms with van der Waals surface area (Å²) in [6.07, 6.45) is 0. The molecule has 0 fully saturated rings. The normalized spacial score (nSPS) is 15.6. The second kappa shape index (κ2) is 9.96. The van der Waals surface area contributed by atoms with Crippen molar-refractivity contribution in [3.05, 3.63) is 89.7 Å². The maximum atomic E-state index is 14.8. The average molecular weight is 511 g/mol. The summed E-state index contributed by atoms with van der Waals surface area (Å²) in [5, 5.41) is 5.23. The van der Waals surface area contributed by atoms with Gasteiger partial charge in [0.25, 0.3) is 11.8 Å². The highest BCUT2D eigenvalue weighted by Gasteiger charge is 2.38. The molecule has 7 nitrogen and oxygen atoms in total. The molecule has 3 amide bonds. The number of amides is 3. The number of carbonyl (C=O) groups is 3. The van der Waals surface area contributed by atoms with Crippen molar-refractivity contribution in [3.8, 4) is 0 Å². The molecule has 0 saturated heterocycles. The Morgan fingerprint density at radius 3 is 2.22 bits per heavy atom. The summed E-state index contributed by atoms with van der Waals surface area (Å²) in [6, 6.07) is 13.4. The lowest BCUT2D eigenvalue weighted by Crippen LogP contribution is -2.60. The first kappa shape index (κ1) is 25.7. The van der Waals surface area contributed by atoms with Gasteiger partial charge in [-0.05, 0) is 68.4 Å². The third-order valence-corrected chi connectivity index (χ3v) is 6.13. The fraction of sp³-hybridized carbons (Fsp3) is 0.222. The van der Waals surface area contributed by atoms with Gasteiger partial charge in [0.2, 0.25) is 5.91 Å². The largest absolute Gasteiger partial charge is 0.341 e. The van der Waals surface area contributed by atoms with Gasteiger partial charge in [0.1, 0.15) is 29.0 Å². The molecule has 2 N–H and O–H groups in total. The van der Waals surface area contributed by atoms with Crippen molar-refractivity contribution in [2.75, 3.05) is 23.4 Å². The van der Waals surface area contributed by atoms with Gasteiger partial charge in [-0.15, -0.1) is 0 Å². The highest BCUT2D eigenvalue weighted by atomic mass is 19.1. The highest BCUT2D eigenvalue weighted by Crippen LogP contribution is 2.38. The molecule has 4 rings (SSSR count). The predicted octanol–water partition coefficient (Wildman–Crippen LogP) is 3.91. The Morgan fingerprint density at radius 1 is 0.892 bits per heavy atom. The van der Waals surface area contributed by atoms with Crippen LogP contribution in [0.4, 0.5) is 30.2 Å². The monoisotopic (exact) mass is 510 g/mol. The van der Waals surface area contributed by atoms with E-state index in [2.05, 4.69) is 10.6 Å². The molecule has 0 aromatic heterocycles. The second-order valence-electron chi connectivity index (χ2n) is 9.20. The number of likely N-dealkylation sites (N-methyl/N-ethyl adjacent to an activating group) is 1. The van der Waals surface area contributed by atoms with Crippen LogP contribution >= 0.6 is 0 Å². The number of halogens is 3. The number of benzene rings is 3. The second-order valence-corrected chi connectivity index (χ2v) is 9.20. The number of para-hydroxylation sites is 1. The van der Waals surface area contributed by atoms with Gasteiger partial charge in [0.05, 0.1) is 23.6 Å². The van der Waals surface area contributed by atoms with Crippen molar-refractivity contribution in [2.24, 2.45) is 0 Å². The lowest BCUT2D eigenvalue weighted by atomic mass is 10.0. The molecule has 3 aromatic rings. The highest BCUT2D eigenvalue weighted by molar-refractivity contribution is 6.05. The van der Waals surface area contributed by atoms with Crippen LogP contribution in [-0.2, 0) is 9.59 Å². The first-order chi connectivity index (χ1) is 17.5. The van der Waals surface area contributed by atoms with Crippen LogP contribution in [0.25, 0.3) is 0 Å². The summed E-state index contributed by atoms with van der Waals surface area (Å²) in [6.45, 7) is 2.75. The van der Waals surface area contributed by atoms with Crippen LogP contribution in [0, 0.1) is 17.5 Å². The van der Waals surface area contributed by atoms with E-state index in [9.17, 15) is 27.6 Å². The molecule has 192 valence electrons. The number of rotatable bonds is 5. The SMILES string of the molecule is CN1C(=O)[C@H](NC(=O)C(C)(C)NC(=O)c2ccc(F)cc2)CN(c2ccccc2F)c2ccc(F)cc21. The molecule has 1 aliphatic heterocycles. The molecule has 0 aliphatic carbocycles. The summed E-state index contributed by atoms with van der Waals surface area (Å²) >= 11 is 0. The Balaban J connectivity index is 1.62. The molecular weight excluding hydrogens is 485 g/mol. The zero-order chi connectivity index (χ0) is 26.9. The van der Waals surface area contributed by atoms with Crippen LogP contribution in [-0.4, -0.2) is 42.9 Å². The molecule has 0 radical (unpaired) electrons. The van der Waals surface area contributed by atoms with Crippen LogP contribution in [0.3, 0.4) is 0 Å². The Hall–Kier alpha value is -4.34. The van der Waals surface area contributed by atoms with E-state index < -0.39 is 46.8 Å². The first-order valence-electron chi connectivity index (χ1n) is 11.5. The third kappa shape index (κ3) is 5.28. The van der Waals surface area contributed by atoms with Gasteiger partial charge in [0.15, 0.2) is 0 Å². The zero-order valence-corrected chi connectivity index (χ0v) is 20.4. The molecular formula is C27H25F3N4O3. The topological polar surface area (TPSA) is 81.8 Å². The summed E-state index contributed by atoms with van der Waals surface area (Å²) in [5.41, 5.74) is -0.604. The summed E-state index contributed by atoms with van der Waals surface area (Å²) in [4.78, 5) is 41.9. The average Bonchev–Trinajstić information content (AvgIpc) is 2.95. The summed E-state index contributed by atoms with van der Waals surface area (Å²) in [7, 11) is 1.44. The third-order valence-electron chi connectivity index (χ3n) is 6.13. The van der Waals surface area contributed by atoms with Gasteiger partial charge in [-0.25, -0.2) is 13.2 Å². The Morgan fingerprint density at radius 2 is 1.54 bits per heavy atom. The molecule has 1 atom stereocenters. The van der Waals surface area contributed by atoms with Crippen molar-refractivity contribution in [3.63, 3.8) is 0 Å². The van der Waals surface area contributed by atoms with Crippen LogP contribution in [0.2, 0.25) is 0 Å². The number of hydrogen-bond acceptors (Lipinski definition) is 4. The van der Waals surface area contributed by atoms with Gasteiger partial charge in [-0.2, -0.15) is 0 Å². The van der Waals surface area contributed by atoms with E-state index in [1.807, 2.05) is 0 Å². The number of hydrogen-bond donors (Lipinski definition) is 2. The van der Waals surface area contributed by atoms with E-state index >= 15 is 0 Å². The van der Waals surface area contributed by atoms with E-state index in [0.29, 0.717) is 5.69 Å². The molecule has 0 bridgehead atoms. The van der Waals surface area contributed by atoms with Crippen molar-refractivity contribution in [2.45, 2.75) is 25.4 Å². The Bertz CT molecular complexity index is 1360. The van der Waals surface area contributed by atoms with E-state index in [1.54, 1.807) is 6.07 Å². The molecule has 0 spiro atoms. The van der Waals surface area contributed by atoms with Gasteiger partial charge in [-0.3, -0.25) is 14.4 Å². The maximum absolute atomic E-state index is 14.8. The minimum Gasteiger partial charge on any atom is -0.341 e. The van der Waals surface area contributed by atoms with Crippen molar-refractivity contribution in [1.82, 2.24) is 10.6 Å². The lowest BCUT2D eigenvalue weighted by molar-refractivity contribution is -0.130. The minimum absolute atomic E-state index is 0.140. The molecule has 3 aromatic carbocycles. The van der Waals surface area contributed by atoms with Crippen LogP contribution in [0.5, 0.6) is 0 Å². The van der Waals surface area contributed by atoms with Crippen molar-refractivity contribution < 1.29 is 27.6 Å². The fourth-order valence-corrected chi connectivity index (χ4v) is 4.06. The van der Waals surface area contributed by atoms with E-state index in [0.717, 1.165) is 18.2 Å². The molecule has 1 heterocycles. The molecule has 0 unspecified atom stereocenters. The predicted molar refractivity (Wildman–Crippen MR) is 133 cm³/mol. The lowest BCUT2D eigenvalue weighted by Gasteiger charge is -2.30. The zero-order valence-electron chi connectivity index (χ0n) is 20.4. The number of fused-ring (bicyclic) bond motifs is 1. The van der Waals surface area contributed by atoms with E-state index in [-0.39, 0.29) is 23.5 Å². The van der Waals surface area contributed by atoms with Crippen molar-refractivity contribution in [1.29, 1.82) is 0 Å². The first-order valence-corrected chi connectivity index (χ1v) is 11.5. The molecule has 1 aliphatic rings. The quantitative estimate of drug-likeness (QED) is 0.546. The molecule has 37 heavy (non-hydrogen) atoms. The summed E-state index contributed by atoms with van der Waals surface area (Å²) in [5.74, 6) is -3.50. The minimum atomic E-state index is -1.47. The van der Waals surface area contributed by atoms with Crippen molar-refractivity contribution >= 4 is 34.8 Å². The number of nitrogens with zero attached hydrogens (tertiary/aromatic N) is 2. The summed E-state index contributed by atoms with van der Waals surface area (Å²) < 4.78 is 42.1. The van der Waals surface area contributed by atoms with E-state index in [1.165, 1.54) is 73.2 Å². The smallest absolute Gasteiger partial charge is 0.252 e. The standard InChI is InChI=1S/C27H25F3N4O3/c1-27(2,32-24(35)16-8-10-17(28)11-9-16)26(37)31-20-15-34(21-7-5-4-6-19(21)30)22-13-12-18(29)14-23(22)33(3)25(20)36/h4-14,20H,15H2,1-3H3,(H,31,37)(H,32,35)/t20-/m1/s1. The van der Waals surface area contributed by atoms with Crippen LogP contribution in [0.1, 0.15) is 24.2 Å². The number of anilines is 3. The number of carbonyl (C=O) groups excluding carboxylic acids is 3. The molecule has 0 saturated carbocycles. The number of nitrogens with one attached hydrogen (secondary N) is 2. The molecule has 10 heteroatoms. The van der Waals surface area contributed by atoms with Gasteiger partial charge in [0, 0.05) is 12.6 Å². The van der Waals surface area contributed by atoms with Gasteiger partial charge < -0.3 is 20.4 Å². The van der Waals surface area contributed by atoms with E-state index in [4.69, 9.17) is 0 Å². The van der Waals surface area contributed by atoms with Crippen LogP contribution in [0.15, 0.2) is 66.7 Å². The fourth-order valence-electron chi connectivity index (χ4n) is 4.06.